The molecule has 0 aliphatic carbocycles. The summed E-state index contributed by atoms with van der Waals surface area (Å²) in [6.45, 7) is 4.57. The average molecular weight is 370 g/mol. The van der Waals surface area contributed by atoms with E-state index in [0.29, 0.717) is 0 Å². The van der Waals surface area contributed by atoms with Crippen LogP contribution in [0, 0.1) is 0 Å². The maximum absolute atomic E-state index is 12.9. The van der Waals surface area contributed by atoms with Gasteiger partial charge in [0.25, 0.3) is 5.91 Å². The van der Waals surface area contributed by atoms with Gasteiger partial charge in [0.1, 0.15) is 0 Å². The molecule has 1 aliphatic heterocycles. The molecule has 5 heteroatoms. The van der Waals surface area contributed by atoms with Crippen LogP contribution in [0.15, 0.2) is 40.9 Å². The first-order chi connectivity index (χ1) is 9.66. The third-order valence-corrected chi connectivity index (χ3v) is 4.28. The maximum atomic E-state index is 12.9. The first-order valence-corrected chi connectivity index (χ1v) is 7.66. The van der Waals surface area contributed by atoms with Gasteiger partial charge in [0.2, 0.25) is 0 Å². The second-order valence-corrected chi connectivity index (χ2v) is 6.14. The Morgan fingerprint density at radius 3 is 2.86 bits per heavy atom. The highest BCUT2D eigenvalue weighted by Crippen LogP contribution is 2.26. The van der Waals surface area contributed by atoms with Crippen molar-refractivity contribution >= 4 is 45.0 Å². The number of piperazine rings is 1. The number of carbonyl (C=O) groups is 1. The van der Waals surface area contributed by atoms with E-state index in [1.54, 1.807) is 0 Å². The topological polar surface area (TPSA) is 32.3 Å². The Morgan fingerprint density at radius 2 is 2.10 bits per heavy atom. The molecule has 3 nitrogen and oxygen atoms in total. The van der Waals surface area contributed by atoms with E-state index in [2.05, 4.69) is 28.2 Å². The van der Waals surface area contributed by atoms with Crippen molar-refractivity contribution in [2.45, 2.75) is 13.0 Å². The van der Waals surface area contributed by atoms with Crippen LogP contribution in [0.4, 0.5) is 0 Å². The number of rotatable bonds is 1. The Morgan fingerprint density at radius 1 is 1.33 bits per heavy atom. The molecule has 1 amide bonds. The van der Waals surface area contributed by atoms with Crippen LogP contribution in [0.3, 0.4) is 0 Å². The Labute approximate surface area is 139 Å². The largest absolute Gasteiger partial charge is 0.333 e. The molecule has 2 aromatic carbocycles. The fraction of sp³-hybridized carbons (Fsp3) is 0.312. The third-order valence-electron chi connectivity index (χ3n) is 3.82. The Hall–Kier alpha value is -1.10. The number of nitrogens with zero attached hydrogens (tertiary/aromatic N) is 1. The lowest BCUT2D eigenvalue weighted by atomic mass is 10.0. The van der Waals surface area contributed by atoms with Crippen molar-refractivity contribution in [3.63, 3.8) is 0 Å². The predicted octanol–water partition coefficient (Wildman–Crippen LogP) is 3.46. The molecule has 0 radical (unpaired) electrons. The van der Waals surface area contributed by atoms with Crippen molar-refractivity contribution in [2.24, 2.45) is 0 Å². The van der Waals surface area contributed by atoms with Crippen LogP contribution in [-0.2, 0) is 0 Å². The number of hydrogen-bond acceptors (Lipinski definition) is 2. The summed E-state index contributed by atoms with van der Waals surface area (Å²) in [5.74, 6) is 0.122. The van der Waals surface area contributed by atoms with Gasteiger partial charge in [-0.3, -0.25) is 4.79 Å². The van der Waals surface area contributed by atoms with Crippen LogP contribution in [-0.4, -0.2) is 36.5 Å². The number of carbonyl (C=O) groups excluding carboxylic acids is 1. The Kier molecular flexibility index (Phi) is 5.25. The van der Waals surface area contributed by atoms with Gasteiger partial charge in [-0.25, -0.2) is 0 Å². The zero-order valence-corrected chi connectivity index (χ0v) is 14.2. The van der Waals surface area contributed by atoms with Crippen LogP contribution >= 0.6 is 28.3 Å². The smallest absolute Gasteiger partial charge is 0.254 e. The van der Waals surface area contributed by atoms with E-state index in [9.17, 15) is 4.79 Å². The van der Waals surface area contributed by atoms with Crippen molar-refractivity contribution in [3.8, 4) is 0 Å². The van der Waals surface area contributed by atoms with Gasteiger partial charge in [-0.05, 0) is 29.8 Å². The number of amides is 1. The van der Waals surface area contributed by atoms with E-state index < -0.39 is 0 Å². The molecule has 2 aromatic rings. The molecule has 1 heterocycles. The van der Waals surface area contributed by atoms with E-state index in [-0.39, 0.29) is 24.4 Å². The van der Waals surface area contributed by atoms with Crippen LogP contribution < -0.4 is 5.32 Å². The highest BCUT2D eigenvalue weighted by atomic mass is 79.9. The zero-order valence-electron chi connectivity index (χ0n) is 11.8. The van der Waals surface area contributed by atoms with Crippen molar-refractivity contribution in [1.29, 1.82) is 0 Å². The fourth-order valence-electron chi connectivity index (χ4n) is 2.75. The summed E-state index contributed by atoms with van der Waals surface area (Å²) in [7, 11) is 0. The monoisotopic (exact) mass is 368 g/mol. The molecule has 0 unspecified atom stereocenters. The molecule has 0 saturated carbocycles. The Balaban J connectivity index is 0.00000161. The lowest BCUT2D eigenvalue weighted by Crippen LogP contribution is -2.52. The van der Waals surface area contributed by atoms with Crippen LogP contribution in [0.1, 0.15) is 17.3 Å². The van der Waals surface area contributed by atoms with Gasteiger partial charge in [0.05, 0.1) is 0 Å². The molecule has 0 aromatic heterocycles. The molecule has 1 saturated heterocycles. The van der Waals surface area contributed by atoms with E-state index in [0.717, 1.165) is 40.4 Å². The summed E-state index contributed by atoms with van der Waals surface area (Å²) in [6.07, 6.45) is 0. The standard InChI is InChI=1S/C16H17BrN2O.ClH/c1-11-10-18-6-7-19(11)16(20)15-9-13(17)8-12-4-2-3-5-14(12)15;/h2-5,8-9,11,18H,6-7,10H2,1H3;1H/t11-;/m0./s1. The number of benzene rings is 2. The van der Waals surface area contributed by atoms with Crippen molar-refractivity contribution in [2.75, 3.05) is 19.6 Å². The predicted molar refractivity (Wildman–Crippen MR) is 92.3 cm³/mol. The number of nitrogens with one attached hydrogen (secondary N) is 1. The minimum absolute atomic E-state index is 0. The molecule has 1 N–H and O–H groups in total. The molecule has 1 atom stereocenters. The molecular formula is C16H18BrClN2O. The van der Waals surface area contributed by atoms with Crippen LogP contribution in [0.25, 0.3) is 10.8 Å². The molecular weight excluding hydrogens is 352 g/mol. The molecule has 21 heavy (non-hydrogen) atoms. The Bertz CT molecular complexity index is 662. The minimum Gasteiger partial charge on any atom is -0.333 e. The van der Waals surface area contributed by atoms with E-state index in [1.807, 2.05) is 41.3 Å². The van der Waals surface area contributed by atoms with E-state index >= 15 is 0 Å². The summed E-state index contributed by atoms with van der Waals surface area (Å²) < 4.78 is 0.947. The van der Waals surface area contributed by atoms with Crippen LogP contribution in [0.2, 0.25) is 0 Å². The summed E-state index contributed by atoms with van der Waals surface area (Å²) in [5.41, 5.74) is 0.781. The molecule has 1 fully saturated rings. The van der Waals surface area contributed by atoms with Gasteiger partial charge in [0.15, 0.2) is 0 Å². The first-order valence-electron chi connectivity index (χ1n) is 6.87. The molecule has 112 valence electrons. The fourth-order valence-corrected chi connectivity index (χ4v) is 3.22. The number of fused-ring (bicyclic) bond motifs is 1. The van der Waals surface area contributed by atoms with Gasteiger partial charge < -0.3 is 10.2 Å². The quantitative estimate of drug-likeness (QED) is 0.835. The number of hydrogen-bond donors (Lipinski definition) is 1. The van der Waals surface area contributed by atoms with Gasteiger partial charge in [-0.2, -0.15) is 0 Å². The minimum atomic E-state index is 0. The van der Waals surface area contributed by atoms with Crippen molar-refractivity contribution in [1.82, 2.24) is 10.2 Å². The molecule has 0 bridgehead atoms. The average Bonchev–Trinajstić information content (AvgIpc) is 2.46. The summed E-state index contributed by atoms with van der Waals surface area (Å²) >= 11 is 3.51. The molecule has 1 aliphatic rings. The molecule has 0 spiro atoms. The highest BCUT2D eigenvalue weighted by molar-refractivity contribution is 9.10. The van der Waals surface area contributed by atoms with E-state index in [4.69, 9.17) is 0 Å². The lowest BCUT2D eigenvalue weighted by molar-refractivity contribution is 0.0658. The SMILES string of the molecule is C[C@H]1CNCCN1C(=O)c1cc(Br)cc2ccccc12.Cl. The van der Waals surface area contributed by atoms with Crippen molar-refractivity contribution in [3.05, 3.63) is 46.4 Å². The lowest BCUT2D eigenvalue weighted by Gasteiger charge is -2.34. The van der Waals surface area contributed by atoms with E-state index in [1.165, 1.54) is 0 Å². The summed E-state index contributed by atoms with van der Waals surface area (Å²) in [6, 6.07) is 12.2. The number of halogens is 2. The third kappa shape index (κ3) is 3.23. The van der Waals surface area contributed by atoms with Gasteiger partial charge in [-0.15, -0.1) is 12.4 Å². The highest BCUT2D eigenvalue weighted by Gasteiger charge is 2.25. The van der Waals surface area contributed by atoms with Gasteiger partial charge >= 0.3 is 0 Å². The second-order valence-electron chi connectivity index (χ2n) is 5.23. The summed E-state index contributed by atoms with van der Waals surface area (Å²) in [4.78, 5) is 14.8. The normalized spacial score (nSPS) is 18.4. The van der Waals surface area contributed by atoms with Crippen LogP contribution in [0.5, 0.6) is 0 Å². The van der Waals surface area contributed by atoms with Crippen molar-refractivity contribution < 1.29 is 4.79 Å². The van der Waals surface area contributed by atoms with Gasteiger partial charge in [-0.1, -0.05) is 40.2 Å². The maximum Gasteiger partial charge on any atom is 0.254 e. The molecule has 3 rings (SSSR count). The summed E-state index contributed by atoms with van der Waals surface area (Å²) in [5, 5.41) is 5.43. The van der Waals surface area contributed by atoms with Gasteiger partial charge in [0, 0.05) is 35.7 Å². The first kappa shape index (κ1) is 16.3. The zero-order chi connectivity index (χ0) is 14.1. The second kappa shape index (κ2) is 6.77.